The van der Waals surface area contributed by atoms with Crippen molar-refractivity contribution in [3.05, 3.63) is 56.5 Å². The van der Waals surface area contributed by atoms with Gasteiger partial charge in [-0.25, -0.2) is 14.6 Å². The Morgan fingerprint density at radius 2 is 1.80 bits per heavy atom. The summed E-state index contributed by atoms with van der Waals surface area (Å²) >= 11 is 0. The Balaban J connectivity index is 1.86. The highest BCUT2D eigenvalue weighted by molar-refractivity contribution is 5.94. The standard InChI is InChI=1S/C25H33N5O5/c1-4-6-8-15-29-19(27-22-21(29)23(32)28-25(34)30(22)14-7-5-2)12-13-20(31)26-18-11-9-10-17(16-18)24(33)35-3/h9-11,16H,4-8,12-15H2,1-3H3,(H,26,31)(H,28,32,34). The number of aromatic nitrogens is 4. The summed E-state index contributed by atoms with van der Waals surface area (Å²) in [6, 6.07) is 6.51. The number of anilines is 1. The minimum absolute atomic E-state index is 0.122. The van der Waals surface area contributed by atoms with Gasteiger partial charge in [-0.3, -0.25) is 19.1 Å². The van der Waals surface area contributed by atoms with E-state index in [1.807, 2.05) is 11.5 Å². The van der Waals surface area contributed by atoms with Gasteiger partial charge < -0.3 is 14.6 Å². The van der Waals surface area contributed by atoms with Crippen molar-refractivity contribution in [3.63, 3.8) is 0 Å². The van der Waals surface area contributed by atoms with Gasteiger partial charge in [0, 0.05) is 31.6 Å². The molecule has 1 amide bonds. The number of esters is 1. The Labute approximate surface area is 203 Å². The molecule has 0 bridgehead atoms. The summed E-state index contributed by atoms with van der Waals surface area (Å²) in [7, 11) is 1.30. The number of nitrogens with one attached hydrogen (secondary N) is 2. The van der Waals surface area contributed by atoms with E-state index in [-0.39, 0.29) is 12.3 Å². The number of H-pyrrole nitrogens is 1. The molecule has 35 heavy (non-hydrogen) atoms. The predicted octanol–water partition coefficient (Wildman–Crippen LogP) is 3.23. The van der Waals surface area contributed by atoms with Gasteiger partial charge in [0.15, 0.2) is 11.2 Å². The summed E-state index contributed by atoms with van der Waals surface area (Å²) in [5, 5.41) is 2.79. The van der Waals surface area contributed by atoms with Crippen LogP contribution in [0.15, 0.2) is 33.9 Å². The summed E-state index contributed by atoms with van der Waals surface area (Å²) in [6.07, 6.45) is 4.97. The molecule has 0 aliphatic rings. The van der Waals surface area contributed by atoms with Crippen molar-refractivity contribution in [2.24, 2.45) is 0 Å². The van der Waals surface area contributed by atoms with Gasteiger partial charge in [-0.05, 0) is 31.0 Å². The zero-order valence-corrected chi connectivity index (χ0v) is 20.6. The second-order valence-corrected chi connectivity index (χ2v) is 8.44. The Bertz CT molecular complexity index is 1300. The molecule has 2 heterocycles. The first-order valence-electron chi connectivity index (χ1n) is 12.1. The zero-order chi connectivity index (χ0) is 25.4. The van der Waals surface area contributed by atoms with E-state index in [4.69, 9.17) is 4.74 Å². The zero-order valence-electron chi connectivity index (χ0n) is 20.6. The van der Waals surface area contributed by atoms with E-state index in [0.717, 1.165) is 32.1 Å². The Morgan fingerprint density at radius 3 is 2.51 bits per heavy atom. The Morgan fingerprint density at radius 1 is 1.06 bits per heavy atom. The van der Waals surface area contributed by atoms with Crippen molar-refractivity contribution in [3.8, 4) is 0 Å². The lowest BCUT2D eigenvalue weighted by Gasteiger charge is -2.10. The van der Waals surface area contributed by atoms with E-state index < -0.39 is 17.2 Å². The van der Waals surface area contributed by atoms with Gasteiger partial charge in [0.2, 0.25) is 5.91 Å². The van der Waals surface area contributed by atoms with Gasteiger partial charge in [-0.15, -0.1) is 0 Å². The molecule has 10 nitrogen and oxygen atoms in total. The number of aryl methyl sites for hydroxylation is 3. The van der Waals surface area contributed by atoms with Crippen LogP contribution in [-0.4, -0.2) is 38.1 Å². The number of fused-ring (bicyclic) bond motifs is 1. The lowest BCUT2D eigenvalue weighted by atomic mass is 10.2. The normalized spacial score (nSPS) is 11.1. The van der Waals surface area contributed by atoms with Crippen molar-refractivity contribution in [2.75, 3.05) is 12.4 Å². The smallest absolute Gasteiger partial charge is 0.337 e. The van der Waals surface area contributed by atoms with E-state index >= 15 is 0 Å². The lowest BCUT2D eigenvalue weighted by molar-refractivity contribution is -0.116. The van der Waals surface area contributed by atoms with E-state index in [2.05, 4.69) is 22.2 Å². The molecule has 2 N–H and O–H groups in total. The van der Waals surface area contributed by atoms with Crippen LogP contribution in [-0.2, 0) is 29.0 Å². The highest BCUT2D eigenvalue weighted by atomic mass is 16.5. The number of nitrogens with zero attached hydrogens (tertiary/aromatic N) is 3. The molecule has 2 aromatic heterocycles. The van der Waals surface area contributed by atoms with Crippen molar-refractivity contribution in [1.82, 2.24) is 19.1 Å². The number of methoxy groups -OCH3 is 1. The maximum Gasteiger partial charge on any atom is 0.337 e. The van der Waals surface area contributed by atoms with Gasteiger partial charge in [0.05, 0.1) is 12.7 Å². The molecule has 0 spiro atoms. The van der Waals surface area contributed by atoms with Crippen LogP contribution in [0.3, 0.4) is 0 Å². The molecule has 0 saturated heterocycles. The number of hydrogen-bond acceptors (Lipinski definition) is 6. The fraction of sp³-hybridized carbons (Fsp3) is 0.480. The number of amides is 1. The summed E-state index contributed by atoms with van der Waals surface area (Å²) in [4.78, 5) is 56.7. The number of rotatable bonds is 12. The van der Waals surface area contributed by atoms with Crippen LogP contribution in [0, 0.1) is 0 Å². The van der Waals surface area contributed by atoms with Gasteiger partial charge in [0.25, 0.3) is 5.56 Å². The minimum Gasteiger partial charge on any atom is -0.465 e. The number of imidazole rings is 1. The molecule has 10 heteroatoms. The molecule has 3 rings (SSSR count). The molecule has 0 saturated carbocycles. The SMILES string of the molecule is CCCCCn1c(CCC(=O)Nc2cccc(C(=O)OC)c2)nc2c1c(=O)[nH]c(=O)n2CCCC. The van der Waals surface area contributed by atoms with Gasteiger partial charge in [0.1, 0.15) is 5.82 Å². The summed E-state index contributed by atoms with van der Waals surface area (Å²) in [6.45, 7) is 5.17. The van der Waals surface area contributed by atoms with Crippen LogP contribution < -0.4 is 16.6 Å². The quantitative estimate of drug-likeness (QED) is 0.301. The Kier molecular flexibility index (Phi) is 8.99. The fourth-order valence-corrected chi connectivity index (χ4v) is 3.98. The minimum atomic E-state index is -0.485. The molecular weight excluding hydrogens is 450 g/mol. The molecule has 0 aliphatic heterocycles. The summed E-state index contributed by atoms with van der Waals surface area (Å²) in [5.74, 6) is -0.145. The first kappa shape index (κ1) is 25.9. The van der Waals surface area contributed by atoms with E-state index in [1.165, 1.54) is 11.7 Å². The fourth-order valence-electron chi connectivity index (χ4n) is 3.98. The number of carbonyl (C=O) groups excluding carboxylic acids is 2. The highest BCUT2D eigenvalue weighted by Gasteiger charge is 2.19. The van der Waals surface area contributed by atoms with Crippen LogP contribution in [0.25, 0.3) is 11.2 Å². The van der Waals surface area contributed by atoms with Crippen molar-refractivity contribution < 1.29 is 14.3 Å². The van der Waals surface area contributed by atoms with Crippen LogP contribution in [0.4, 0.5) is 5.69 Å². The third-order valence-electron chi connectivity index (χ3n) is 5.83. The summed E-state index contributed by atoms with van der Waals surface area (Å²) in [5.41, 5.74) is 0.635. The number of ether oxygens (including phenoxy) is 1. The second-order valence-electron chi connectivity index (χ2n) is 8.44. The number of benzene rings is 1. The average molecular weight is 484 g/mol. The van der Waals surface area contributed by atoms with Crippen LogP contribution >= 0.6 is 0 Å². The van der Waals surface area contributed by atoms with Gasteiger partial charge in [-0.1, -0.05) is 39.2 Å². The number of aromatic amines is 1. The molecule has 0 radical (unpaired) electrons. The molecule has 0 fully saturated rings. The predicted molar refractivity (Wildman–Crippen MR) is 134 cm³/mol. The van der Waals surface area contributed by atoms with E-state index in [1.54, 1.807) is 24.3 Å². The van der Waals surface area contributed by atoms with Crippen molar-refractivity contribution in [2.45, 2.75) is 71.9 Å². The maximum atomic E-state index is 12.7. The monoisotopic (exact) mass is 483 g/mol. The van der Waals surface area contributed by atoms with Crippen molar-refractivity contribution in [1.29, 1.82) is 0 Å². The van der Waals surface area contributed by atoms with Crippen LogP contribution in [0.5, 0.6) is 0 Å². The topological polar surface area (TPSA) is 128 Å². The molecule has 188 valence electrons. The van der Waals surface area contributed by atoms with E-state index in [0.29, 0.717) is 47.7 Å². The third-order valence-corrected chi connectivity index (χ3v) is 5.83. The van der Waals surface area contributed by atoms with Gasteiger partial charge in [-0.2, -0.15) is 0 Å². The molecule has 0 aliphatic carbocycles. The maximum absolute atomic E-state index is 12.7. The van der Waals surface area contributed by atoms with Gasteiger partial charge >= 0.3 is 11.7 Å². The van der Waals surface area contributed by atoms with Crippen LogP contribution in [0.1, 0.15) is 68.6 Å². The molecular formula is C25H33N5O5. The largest absolute Gasteiger partial charge is 0.465 e. The molecule has 0 atom stereocenters. The number of hydrogen-bond donors (Lipinski definition) is 2. The summed E-state index contributed by atoms with van der Waals surface area (Å²) < 4.78 is 8.08. The lowest BCUT2D eigenvalue weighted by Crippen LogP contribution is -2.31. The third kappa shape index (κ3) is 6.26. The Hall–Kier alpha value is -3.69. The first-order chi connectivity index (χ1) is 16.9. The molecule has 0 unspecified atom stereocenters. The molecule has 3 aromatic rings. The average Bonchev–Trinajstić information content (AvgIpc) is 3.21. The number of unbranched alkanes of at least 4 members (excludes halogenated alkanes) is 3. The number of carbonyl (C=O) groups is 2. The molecule has 1 aromatic carbocycles. The second kappa shape index (κ2) is 12.1. The van der Waals surface area contributed by atoms with E-state index in [9.17, 15) is 19.2 Å². The highest BCUT2D eigenvalue weighted by Crippen LogP contribution is 2.17. The van der Waals surface area contributed by atoms with Crippen molar-refractivity contribution >= 4 is 28.7 Å². The van der Waals surface area contributed by atoms with Crippen LogP contribution in [0.2, 0.25) is 0 Å². The first-order valence-corrected chi connectivity index (χ1v) is 12.1.